The summed E-state index contributed by atoms with van der Waals surface area (Å²) < 4.78 is 1.93. The minimum atomic E-state index is 0.632. The summed E-state index contributed by atoms with van der Waals surface area (Å²) in [5, 5.41) is 9.37. The van der Waals surface area contributed by atoms with E-state index in [-0.39, 0.29) is 0 Å². The van der Waals surface area contributed by atoms with Crippen LogP contribution in [-0.4, -0.2) is 26.4 Å². The molecule has 23 heavy (non-hydrogen) atoms. The molecular weight excluding hydrogens is 366 g/mol. The molecule has 5 nitrogen and oxygen atoms in total. The molecule has 0 saturated heterocycles. The van der Waals surface area contributed by atoms with E-state index in [1.165, 1.54) is 23.3 Å². The SMILES string of the molecule is CSc1nnc(SCc2nc(N)c3c4c(sc3n2)CCCC4)s1. The second-order valence-electron chi connectivity index (χ2n) is 5.24. The predicted octanol–water partition coefficient (Wildman–Crippen LogP) is 4.02. The van der Waals surface area contributed by atoms with Crippen molar-refractivity contribution in [2.45, 2.75) is 40.1 Å². The Labute approximate surface area is 150 Å². The average Bonchev–Trinajstić information content (AvgIpc) is 3.16. The molecule has 120 valence electrons. The first-order valence-corrected chi connectivity index (χ1v) is 11.2. The molecule has 0 spiro atoms. The summed E-state index contributed by atoms with van der Waals surface area (Å²) >= 11 is 6.62. The van der Waals surface area contributed by atoms with Gasteiger partial charge in [0.1, 0.15) is 16.5 Å². The van der Waals surface area contributed by atoms with Crippen molar-refractivity contribution in [1.82, 2.24) is 20.2 Å². The summed E-state index contributed by atoms with van der Waals surface area (Å²) in [4.78, 5) is 11.8. The van der Waals surface area contributed by atoms with Crippen LogP contribution in [0.2, 0.25) is 0 Å². The van der Waals surface area contributed by atoms with E-state index in [0.29, 0.717) is 11.6 Å². The van der Waals surface area contributed by atoms with Gasteiger partial charge < -0.3 is 5.73 Å². The number of nitrogens with zero attached hydrogens (tertiary/aromatic N) is 4. The first-order valence-electron chi connectivity index (χ1n) is 7.31. The number of anilines is 1. The molecule has 0 aromatic carbocycles. The van der Waals surface area contributed by atoms with E-state index >= 15 is 0 Å². The van der Waals surface area contributed by atoms with E-state index in [9.17, 15) is 0 Å². The van der Waals surface area contributed by atoms with Gasteiger partial charge in [-0.3, -0.25) is 0 Å². The van der Waals surface area contributed by atoms with Gasteiger partial charge in [0.15, 0.2) is 8.68 Å². The van der Waals surface area contributed by atoms with Crippen LogP contribution < -0.4 is 5.73 Å². The molecule has 3 aromatic heterocycles. The van der Waals surface area contributed by atoms with Gasteiger partial charge in [0.2, 0.25) is 0 Å². The number of hydrogen-bond acceptors (Lipinski definition) is 9. The fourth-order valence-corrected chi connectivity index (χ4v) is 6.34. The third-order valence-electron chi connectivity index (χ3n) is 3.78. The van der Waals surface area contributed by atoms with Crippen LogP contribution in [0.3, 0.4) is 0 Å². The van der Waals surface area contributed by atoms with Crippen molar-refractivity contribution < 1.29 is 0 Å². The van der Waals surface area contributed by atoms with Crippen LogP contribution in [0.15, 0.2) is 8.68 Å². The van der Waals surface area contributed by atoms with Crippen LogP contribution in [0.4, 0.5) is 5.82 Å². The van der Waals surface area contributed by atoms with Crippen LogP contribution in [0, 0.1) is 0 Å². The Hall–Kier alpha value is -0.900. The highest BCUT2D eigenvalue weighted by molar-refractivity contribution is 8.02. The molecule has 3 heterocycles. The van der Waals surface area contributed by atoms with Gasteiger partial charge >= 0.3 is 0 Å². The van der Waals surface area contributed by atoms with Gasteiger partial charge in [0.25, 0.3) is 0 Å². The van der Waals surface area contributed by atoms with Crippen molar-refractivity contribution >= 4 is 62.2 Å². The van der Waals surface area contributed by atoms with Crippen LogP contribution in [-0.2, 0) is 18.6 Å². The average molecular weight is 382 g/mol. The molecule has 0 saturated carbocycles. The van der Waals surface area contributed by atoms with Gasteiger partial charge in [-0.15, -0.1) is 21.5 Å². The first-order chi connectivity index (χ1) is 11.2. The van der Waals surface area contributed by atoms with Crippen molar-refractivity contribution in [3.8, 4) is 0 Å². The van der Waals surface area contributed by atoms with Crippen molar-refractivity contribution in [1.29, 1.82) is 0 Å². The summed E-state index contributed by atoms with van der Waals surface area (Å²) in [6.07, 6.45) is 6.78. The van der Waals surface area contributed by atoms with Gasteiger partial charge in [-0.05, 0) is 37.5 Å². The molecule has 1 aliphatic carbocycles. The molecule has 4 rings (SSSR count). The number of nitrogen functional groups attached to an aromatic ring is 1. The van der Waals surface area contributed by atoms with Gasteiger partial charge in [0.05, 0.1) is 11.1 Å². The molecule has 1 aliphatic rings. The zero-order valence-electron chi connectivity index (χ0n) is 12.5. The zero-order valence-corrected chi connectivity index (χ0v) is 15.8. The molecule has 9 heteroatoms. The second-order valence-corrected chi connectivity index (χ2v) is 9.58. The van der Waals surface area contributed by atoms with Crippen LogP contribution in [0.5, 0.6) is 0 Å². The maximum Gasteiger partial charge on any atom is 0.175 e. The lowest BCUT2D eigenvalue weighted by Crippen LogP contribution is -2.02. The monoisotopic (exact) mass is 381 g/mol. The number of nitrogens with two attached hydrogens (primary N) is 1. The Bertz CT molecular complexity index is 856. The number of aromatic nitrogens is 4. The molecule has 0 fully saturated rings. The summed E-state index contributed by atoms with van der Waals surface area (Å²) in [6.45, 7) is 0. The zero-order chi connectivity index (χ0) is 15.8. The number of thioether (sulfide) groups is 2. The van der Waals surface area contributed by atoms with E-state index in [1.54, 1.807) is 46.2 Å². The lowest BCUT2D eigenvalue weighted by Gasteiger charge is -2.10. The van der Waals surface area contributed by atoms with E-state index in [4.69, 9.17) is 10.7 Å². The summed E-state index contributed by atoms with van der Waals surface area (Å²) in [5.74, 6) is 2.08. The quantitative estimate of drug-likeness (QED) is 0.684. The van der Waals surface area contributed by atoms with E-state index < -0.39 is 0 Å². The second kappa shape index (κ2) is 6.54. The molecule has 0 aliphatic heterocycles. The number of thiophene rings is 1. The van der Waals surface area contributed by atoms with Crippen molar-refractivity contribution in [2.75, 3.05) is 12.0 Å². The van der Waals surface area contributed by atoms with Gasteiger partial charge in [-0.2, -0.15) is 0 Å². The molecule has 3 aromatic rings. The Morgan fingerprint density at radius 3 is 2.74 bits per heavy atom. The smallest absolute Gasteiger partial charge is 0.175 e. The predicted molar refractivity (Wildman–Crippen MR) is 99.7 cm³/mol. The third-order valence-corrected chi connectivity index (χ3v) is 7.99. The van der Waals surface area contributed by atoms with Crippen LogP contribution >= 0.6 is 46.2 Å². The van der Waals surface area contributed by atoms with E-state index in [0.717, 1.165) is 37.6 Å². The molecule has 0 atom stereocenters. The molecule has 0 bridgehead atoms. The standard InChI is InChI=1S/C14H15N5S4/c1-20-13-18-19-14(23-13)21-6-9-16-11(15)10-7-4-2-3-5-8(7)22-12(10)17-9/h2-6H2,1H3,(H2,15,16,17). The van der Waals surface area contributed by atoms with Gasteiger partial charge in [-0.1, -0.05) is 34.9 Å². The number of aryl methyl sites for hydroxylation is 2. The topological polar surface area (TPSA) is 77.6 Å². The minimum Gasteiger partial charge on any atom is -0.383 e. The molecule has 2 N–H and O–H groups in total. The van der Waals surface area contributed by atoms with Crippen LogP contribution in [0.1, 0.15) is 29.1 Å². The molecular formula is C14H15N5S4. The van der Waals surface area contributed by atoms with Gasteiger partial charge in [-0.25, -0.2) is 9.97 Å². The Morgan fingerprint density at radius 2 is 1.91 bits per heavy atom. The Morgan fingerprint density at radius 1 is 1.09 bits per heavy atom. The van der Waals surface area contributed by atoms with Crippen molar-refractivity contribution in [3.63, 3.8) is 0 Å². The third kappa shape index (κ3) is 3.07. The van der Waals surface area contributed by atoms with E-state index in [2.05, 4.69) is 15.2 Å². The highest BCUT2D eigenvalue weighted by Crippen LogP contribution is 2.38. The molecule has 0 radical (unpaired) electrons. The van der Waals surface area contributed by atoms with Crippen molar-refractivity contribution in [3.05, 3.63) is 16.3 Å². The lowest BCUT2D eigenvalue weighted by molar-refractivity contribution is 0.700. The molecule has 0 amide bonds. The first kappa shape index (κ1) is 15.6. The van der Waals surface area contributed by atoms with Crippen molar-refractivity contribution in [2.24, 2.45) is 0 Å². The number of fused-ring (bicyclic) bond motifs is 3. The fourth-order valence-electron chi connectivity index (χ4n) is 2.76. The normalized spacial score (nSPS) is 14.3. The summed E-state index contributed by atoms with van der Waals surface area (Å²) in [6, 6.07) is 0. The lowest BCUT2D eigenvalue weighted by atomic mass is 9.97. The highest BCUT2D eigenvalue weighted by Gasteiger charge is 2.20. The Kier molecular flexibility index (Phi) is 4.44. The fraction of sp³-hybridized carbons (Fsp3) is 0.429. The highest BCUT2D eigenvalue weighted by atomic mass is 32.2. The summed E-state index contributed by atoms with van der Waals surface area (Å²) in [7, 11) is 0. The number of hydrogen-bond donors (Lipinski definition) is 1. The largest absolute Gasteiger partial charge is 0.383 e. The molecule has 0 unspecified atom stereocenters. The summed E-state index contributed by atoms with van der Waals surface area (Å²) in [5.41, 5.74) is 7.63. The maximum atomic E-state index is 6.24. The Balaban J connectivity index is 1.60. The van der Waals surface area contributed by atoms with Gasteiger partial charge in [0, 0.05) is 4.88 Å². The van der Waals surface area contributed by atoms with E-state index in [1.807, 2.05) is 6.26 Å². The minimum absolute atomic E-state index is 0.632. The maximum absolute atomic E-state index is 6.24. The number of rotatable bonds is 4. The van der Waals surface area contributed by atoms with Crippen LogP contribution in [0.25, 0.3) is 10.2 Å².